The standard InChI is InChI=1S/C15H17N5O3/c1-8-5-6-12-11(7-8)13(23-4)19-15(18-12)20-14(16-9(2)21)17-10(3)22/h5-7H,1-4H3,(H2,16,17,18,19,20,21,22). The second-order valence-corrected chi connectivity index (χ2v) is 4.88. The van der Waals surface area contributed by atoms with E-state index in [1.807, 2.05) is 25.1 Å². The summed E-state index contributed by atoms with van der Waals surface area (Å²) < 4.78 is 5.27. The van der Waals surface area contributed by atoms with Gasteiger partial charge >= 0.3 is 0 Å². The van der Waals surface area contributed by atoms with Crippen molar-refractivity contribution in [1.29, 1.82) is 0 Å². The highest BCUT2D eigenvalue weighted by atomic mass is 16.5. The van der Waals surface area contributed by atoms with Gasteiger partial charge in [0.1, 0.15) is 0 Å². The number of aryl methyl sites for hydroxylation is 1. The molecule has 0 radical (unpaired) electrons. The number of carbonyl (C=O) groups excluding carboxylic acids is 2. The van der Waals surface area contributed by atoms with Crippen molar-refractivity contribution < 1.29 is 14.3 Å². The molecular weight excluding hydrogens is 298 g/mol. The Morgan fingerprint density at radius 2 is 1.78 bits per heavy atom. The molecule has 0 fully saturated rings. The highest BCUT2D eigenvalue weighted by molar-refractivity contribution is 6.04. The first kappa shape index (κ1) is 16.3. The minimum atomic E-state index is -0.374. The fourth-order valence-corrected chi connectivity index (χ4v) is 1.93. The SMILES string of the molecule is COc1nc(N=C(NC(C)=O)NC(C)=O)nc2ccc(C)cc12. The lowest BCUT2D eigenvalue weighted by atomic mass is 10.2. The number of aliphatic imine (C=N–C) groups is 1. The van der Waals surface area contributed by atoms with Gasteiger partial charge in [0.05, 0.1) is 18.0 Å². The van der Waals surface area contributed by atoms with Gasteiger partial charge in [-0.25, -0.2) is 4.98 Å². The van der Waals surface area contributed by atoms with E-state index in [9.17, 15) is 9.59 Å². The van der Waals surface area contributed by atoms with Crippen LogP contribution in [0.5, 0.6) is 5.88 Å². The summed E-state index contributed by atoms with van der Waals surface area (Å²) in [6.07, 6.45) is 0. The van der Waals surface area contributed by atoms with E-state index in [0.717, 1.165) is 10.9 Å². The zero-order chi connectivity index (χ0) is 17.0. The van der Waals surface area contributed by atoms with Crippen molar-refractivity contribution in [3.8, 4) is 5.88 Å². The molecule has 0 aliphatic rings. The first-order chi connectivity index (χ1) is 10.9. The lowest BCUT2D eigenvalue weighted by Gasteiger charge is -2.08. The Labute approximate surface area is 133 Å². The van der Waals surface area contributed by atoms with Crippen LogP contribution in [0.15, 0.2) is 23.2 Å². The largest absolute Gasteiger partial charge is 0.480 e. The van der Waals surface area contributed by atoms with E-state index in [4.69, 9.17) is 4.74 Å². The molecule has 0 aliphatic carbocycles. The molecule has 2 amide bonds. The molecule has 0 saturated heterocycles. The van der Waals surface area contributed by atoms with Crippen LogP contribution >= 0.6 is 0 Å². The summed E-state index contributed by atoms with van der Waals surface area (Å²) in [5.74, 6) is -0.363. The zero-order valence-corrected chi connectivity index (χ0v) is 13.3. The molecule has 1 heterocycles. The molecule has 1 aromatic carbocycles. The lowest BCUT2D eigenvalue weighted by Crippen LogP contribution is -2.41. The Balaban J connectivity index is 2.52. The smallest absolute Gasteiger partial charge is 0.256 e. The van der Waals surface area contributed by atoms with Gasteiger partial charge in [0.2, 0.25) is 23.7 Å². The molecule has 120 valence electrons. The maximum atomic E-state index is 11.2. The number of nitrogens with zero attached hydrogens (tertiary/aromatic N) is 3. The third-order valence-corrected chi connectivity index (χ3v) is 2.80. The molecule has 2 aromatic rings. The van der Waals surface area contributed by atoms with Crippen LogP contribution in [0, 0.1) is 6.92 Å². The van der Waals surface area contributed by atoms with Crippen molar-refractivity contribution in [2.45, 2.75) is 20.8 Å². The molecule has 2 N–H and O–H groups in total. The van der Waals surface area contributed by atoms with E-state index in [0.29, 0.717) is 11.4 Å². The molecule has 8 nitrogen and oxygen atoms in total. The van der Waals surface area contributed by atoms with Crippen LogP contribution in [0.1, 0.15) is 19.4 Å². The van der Waals surface area contributed by atoms with Gasteiger partial charge in [-0.05, 0) is 19.1 Å². The van der Waals surface area contributed by atoms with Gasteiger partial charge in [-0.1, -0.05) is 11.6 Å². The second-order valence-electron chi connectivity index (χ2n) is 4.88. The number of amides is 2. The minimum absolute atomic E-state index is 0.0430. The van der Waals surface area contributed by atoms with Gasteiger partial charge < -0.3 is 4.74 Å². The number of ether oxygens (including phenoxy) is 1. The molecule has 0 bridgehead atoms. The number of aromatic nitrogens is 2. The highest BCUT2D eigenvalue weighted by Gasteiger charge is 2.10. The Morgan fingerprint density at radius 1 is 1.13 bits per heavy atom. The Hall–Kier alpha value is -3.03. The van der Waals surface area contributed by atoms with Gasteiger partial charge in [-0.15, -0.1) is 0 Å². The maximum Gasteiger partial charge on any atom is 0.256 e. The first-order valence-electron chi connectivity index (χ1n) is 6.85. The monoisotopic (exact) mass is 315 g/mol. The fourth-order valence-electron chi connectivity index (χ4n) is 1.93. The van der Waals surface area contributed by atoms with Crippen LogP contribution < -0.4 is 15.4 Å². The second kappa shape index (κ2) is 6.82. The van der Waals surface area contributed by atoms with Gasteiger partial charge in [0.25, 0.3) is 5.95 Å². The molecule has 0 atom stereocenters. The Morgan fingerprint density at radius 3 is 2.35 bits per heavy atom. The van der Waals surface area contributed by atoms with Gasteiger partial charge in [-0.2, -0.15) is 9.98 Å². The van der Waals surface area contributed by atoms with E-state index < -0.39 is 0 Å². The van der Waals surface area contributed by atoms with Crippen molar-refractivity contribution in [2.24, 2.45) is 4.99 Å². The topological polar surface area (TPSA) is 106 Å². The zero-order valence-electron chi connectivity index (χ0n) is 13.3. The summed E-state index contributed by atoms with van der Waals surface area (Å²) in [6.45, 7) is 4.57. The van der Waals surface area contributed by atoms with E-state index in [1.165, 1.54) is 21.0 Å². The van der Waals surface area contributed by atoms with Crippen LogP contribution in [0.2, 0.25) is 0 Å². The fraction of sp³-hybridized carbons (Fsp3) is 0.267. The number of hydrogen-bond acceptors (Lipinski definition) is 6. The maximum absolute atomic E-state index is 11.2. The Bertz CT molecular complexity index is 783. The number of guanidine groups is 1. The van der Waals surface area contributed by atoms with Crippen molar-refractivity contribution in [1.82, 2.24) is 20.6 Å². The number of hydrogen-bond donors (Lipinski definition) is 2. The molecule has 0 saturated carbocycles. The summed E-state index contributed by atoms with van der Waals surface area (Å²) in [5.41, 5.74) is 1.69. The predicted octanol–water partition coefficient (Wildman–Crippen LogP) is 1.21. The van der Waals surface area contributed by atoms with E-state index in [1.54, 1.807) is 0 Å². The Kier molecular flexibility index (Phi) is 4.85. The van der Waals surface area contributed by atoms with Crippen LogP contribution in [-0.4, -0.2) is 34.9 Å². The number of methoxy groups -OCH3 is 1. The van der Waals surface area contributed by atoms with Crippen molar-refractivity contribution in [3.05, 3.63) is 23.8 Å². The molecule has 2 rings (SSSR count). The van der Waals surface area contributed by atoms with Gasteiger partial charge in [-0.3, -0.25) is 20.2 Å². The number of fused-ring (bicyclic) bond motifs is 1. The molecule has 23 heavy (non-hydrogen) atoms. The molecule has 8 heteroatoms. The third-order valence-electron chi connectivity index (χ3n) is 2.80. The normalized spacial score (nSPS) is 10.1. The summed E-state index contributed by atoms with van der Waals surface area (Å²) in [7, 11) is 1.50. The van der Waals surface area contributed by atoms with E-state index in [2.05, 4.69) is 25.6 Å². The average Bonchev–Trinajstić information content (AvgIpc) is 2.45. The summed E-state index contributed by atoms with van der Waals surface area (Å²) in [4.78, 5) is 34.9. The summed E-state index contributed by atoms with van der Waals surface area (Å²) >= 11 is 0. The minimum Gasteiger partial charge on any atom is -0.480 e. The van der Waals surface area contributed by atoms with Crippen molar-refractivity contribution in [3.63, 3.8) is 0 Å². The van der Waals surface area contributed by atoms with Gasteiger partial charge in [0, 0.05) is 13.8 Å². The van der Waals surface area contributed by atoms with E-state index in [-0.39, 0.29) is 23.7 Å². The number of nitrogens with one attached hydrogen (secondary N) is 2. The average molecular weight is 315 g/mol. The van der Waals surface area contributed by atoms with Crippen LogP contribution in [0.25, 0.3) is 10.9 Å². The molecule has 0 unspecified atom stereocenters. The molecule has 0 aliphatic heterocycles. The van der Waals surface area contributed by atoms with Crippen molar-refractivity contribution >= 4 is 34.6 Å². The first-order valence-corrected chi connectivity index (χ1v) is 6.85. The van der Waals surface area contributed by atoms with Crippen LogP contribution in [0.3, 0.4) is 0 Å². The molecule has 1 aromatic heterocycles. The quantitative estimate of drug-likeness (QED) is 0.640. The molecular formula is C15H17N5O3. The van der Waals surface area contributed by atoms with Crippen LogP contribution in [-0.2, 0) is 9.59 Å². The predicted molar refractivity (Wildman–Crippen MR) is 85.6 cm³/mol. The molecule has 0 spiro atoms. The van der Waals surface area contributed by atoms with Crippen LogP contribution in [0.4, 0.5) is 5.95 Å². The number of benzene rings is 1. The summed E-state index contributed by atoms with van der Waals surface area (Å²) in [5, 5.41) is 5.58. The van der Waals surface area contributed by atoms with Gasteiger partial charge in [0.15, 0.2) is 0 Å². The van der Waals surface area contributed by atoms with E-state index >= 15 is 0 Å². The lowest BCUT2D eigenvalue weighted by molar-refractivity contribution is -0.117. The third kappa shape index (κ3) is 4.22. The number of carbonyl (C=O) groups is 2. The summed E-state index contributed by atoms with van der Waals surface area (Å²) in [6, 6.07) is 5.64. The number of rotatable bonds is 2. The van der Waals surface area contributed by atoms with Crippen molar-refractivity contribution in [2.75, 3.05) is 7.11 Å². The highest BCUT2D eigenvalue weighted by Crippen LogP contribution is 2.25.